The monoisotopic (exact) mass is 170 g/mol. The van der Waals surface area contributed by atoms with Crippen LogP contribution < -0.4 is 5.32 Å². The summed E-state index contributed by atoms with van der Waals surface area (Å²) in [6.07, 6.45) is 0.905. The van der Waals surface area contributed by atoms with E-state index in [1.165, 1.54) is 0 Å². The van der Waals surface area contributed by atoms with Gasteiger partial charge in [0.05, 0.1) is 17.9 Å². The summed E-state index contributed by atoms with van der Waals surface area (Å²) in [6.45, 7) is 1.67. The maximum atomic E-state index is 12.0. The summed E-state index contributed by atoms with van der Waals surface area (Å²) in [5, 5.41) is 11.0. The van der Waals surface area contributed by atoms with Crippen LogP contribution in [0.25, 0.3) is 0 Å². The van der Waals surface area contributed by atoms with Crippen molar-refractivity contribution in [3.8, 4) is 0 Å². The fourth-order valence-electron chi connectivity index (χ4n) is 1.45. The fraction of sp³-hybridized carbons (Fsp3) is 0.714. The second-order valence-corrected chi connectivity index (χ2v) is 2.82. The van der Waals surface area contributed by atoms with Gasteiger partial charge >= 0.3 is 0 Å². The molecule has 0 fully saturated rings. The lowest BCUT2D eigenvalue weighted by atomic mass is 10.2. The lowest BCUT2D eigenvalue weighted by Crippen LogP contribution is -2.25. The van der Waals surface area contributed by atoms with E-state index in [1.807, 2.05) is 0 Å². The van der Waals surface area contributed by atoms with E-state index in [2.05, 4.69) is 15.6 Å². The molecule has 0 aliphatic carbocycles. The van der Waals surface area contributed by atoms with Gasteiger partial charge in [0, 0.05) is 19.5 Å². The standard InChI is InChI=1S/C7H11FN4/c8-2-4-12-7-1-3-9-5-6(7)10-11-12/h9H,1-5H2. The molecule has 2 heterocycles. The highest BCUT2D eigenvalue weighted by Crippen LogP contribution is 2.09. The third-order valence-corrected chi connectivity index (χ3v) is 2.05. The van der Waals surface area contributed by atoms with E-state index in [0.717, 1.165) is 30.9 Å². The molecule has 5 heteroatoms. The van der Waals surface area contributed by atoms with Crippen molar-refractivity contribution in [3.05, 3.63) is 11.4 Å². The molecule has 0 aromatic carbocycles. The molecule has 0 radical (unpaired) electrons. The number of fused-ring (bicyclic) bond motifs is 1. The highest BCUT2D eigenvalue weighted by atomic mass is 19.1. The van der Waals surface area contributed by atoms with Crippen LogP contribution in [0.3, 0.4) is 0 Å². The van der Waals surface area contributed by atoms with E-state index in [9.17, 15) is 4.39 Å². The topological polar surface area (TPSA) is 42.7 Å². The van der Waals surface area contributed by atoms with Crippen LogP contribution in [0.15, 0.2) is 0 Å². The maximum Gasteiger partial charge on any atom is 0.109 e. The number of hydrogen-bond donors (Lipinski definition) is 1. The summed E-state index contributed by atoms with van der Waals surface area (Å²) in [7, 11) is 0. The average Bonchev–Trinajstić information content (AvgIpc) is 2.50. The number of alkyl halides is 1. The zero-order valence-electron chi connectivity index (χ0n) is 6.76. The van der Waals surface area contributed by atoms with Crippen LogP contribution in [-0.4, -0.2) is 28.2 Å². The van der Waals surface area contributed by atoms with Gasteiger partial charge in [-0.25, -0.2) is 9.07 Å². The van der Waals surface area contributed by atoms with Gasteiger partial charge in [-0.15, -0.1) is 5.10 Å². The second kappa shape index (κ2) is 3.18. The van der Waals surface area contributed by atoms with Gasteiger partial charge in [0.15, 0.2) is 0 Å². The Kier molecular flexibility index (Phi) is 2.03. The van der Waals surface area contributed by atoms with Crippen molar-refractivity contribution < 1.29 is 4.39 Å². The molecule has 0 amide bonds. The minimum atomic E-state index is -0.372. The van der Waals surface area contributed by atoms with Gasteiger partial charge in [0.2, 0.25) is 0 Å². The molecule has 1 aliphatic heterocycles. The number of aromatic nitrogens is 3. The fourth-order valence-corrected chi connectivity index (χ4v) is 1.45. The van der Waals surface area contributed by atoms with Gasteiger partial charge in [-0.3, -0.25) is 0 Å². The van der Waals surface area contributed by atoms with Crippen molar-refractivity contribution in [1.82, 2.24) is 20.3 Å². The van der Waals surface area contributed by atoms with Crippen LogP contribution in [0, 0.1) is 0 Å². The van der Waals surface area contributed by atoms with Gasteiger partial charge in [-0.1, -0.05) is 5.21 Å². The molecule has 0 saturated heterocycles. The Morgan fingerprint density at radius 3 is 3.33 bits per heavy atom. The van der Waals surface area contributed by atoms with Gasteiger partial charge in [-0.2, -0.15) is 0 Å². The molecule has 2 rings (SSSR count). The largest absolute Gasteiger partial charge is 0.311 e. The number of rotatable bonds is 2. The molecule has 0 spiro atoms. The van der Waals surface area contributed by atoms with Gasteiger partial charge in [0.1, 0.15) is 6.67 Å². The maximum absolute atomic E-state index is 12.0. The summed E-state index contributed by atoms with van der Waals surface area (Å²) >= 11 is 0. The Morgan fingerprint density at radius 2 is 2.50 bits per heavy atom. The highest BCUT2D eigenvalue weighted by molar-refractivity contribution is 5.13. The first-order valence-electron chi connectivity index (χ1n) is 4.09. The van der Waals surface area contributed by atoms with E-state index < -0.39 is 0 Å². The van der Waals surface area contributed by atoms with Crippen molar-refractivity contribution in [3.63, 3.8) is 0 Å². The predicted molar refractivity (Wildman–Crippen MR) is 41.4 cm³/mol. The predicted octanol–water partition coefficient (Wildman–Crippen LogP) is -0.107. The van der Waals surface area contributed by atoms with Crippen LogP contribution in [-0.2, 0) is 19.5 Å². The first-order chi connectivity index (χ1) is 5.92. The van der Waals surface area contributed by atoms with Crippen molar-refractivity contribution in [1.29, 1.82) is 0 Å². The van der Waals surface area contributed by atoms with Crippen LogP contribution in [0.1, 0.15) is 11.4 Å². The molecule has 1 N–H and O–H groups in total. The Labute approximate surface area is 69.8 Å². The Morgan fingerprint density at radius 1 is 1.58 bits per heavy atom. The minimum absolute atomic E-state index is 0.336. The lowest BCUT2D eigenvalue weighted by Gasteiger charge is -2.12. The zero-order valence-corrected chi connectivity index (χ0v) is 6.76. The minimum Gasteiger partial charge on any atom is -0.311 e. The third kappa shape index (κ3) is 1.20. The number of nitrogens with zero attached hydrogens (tertiary/aromatic N) is 3. The summed E-state index contributed by atoms with van der Waals surface area (Å²) in [5.41, 5.74) is 2.06. The molecule has 0 unspecified atom stereocenters. The zero-order chi connectivity index (χ0) is 8.39. The normalized spacial score (nSPS) is 16.1. The molecule has 66 valence electrons. The molecule has 0 bridgehead atoms. The first-order valence-corrected chi connectivity index (χ1v) is 4.09. The molecule has 0 atom stereocenters. The molecule has 1 aromatic rings. The van der Waals surface area contributed by atoms with Crippen LogP contribution in [0.4, 0.5) is 4.39 Å². The Bertz CT molecular complexity index is 270. The Hall–Kier alpha value is -0.970. The van der Waals surface area contributed by atoms with Crippen LogP contribution in [0.2, 0.25) is 0 Å². The van der Waals surface area contributed by atoms with Gasteiger partial charge in [0.25, 0.3) is 0 Å². The number of nitrogens with one attached hydrogen (secondary N) is 1. The molecule has 0 saturated carbocycles. The molecule has 12 heavy (non-hydrogen) atoms. The molecule has 1 aromatic heterocycles. The smallest absolute Gasteiger partial charge is 0.109 e. The second-order valence-electron chi connectivity index (χ2n) is 2.82. The molecule has 4 nitrogen and oxygen atoms in total. The molecular weight excluding hydrogens is 159 g/mol. The highest BCUT2D eigenvalue weighted by Gasteiger charge is 2.15. The van der Waals surface area contributed by atoms with E-state index in [4.69, 9.17) is 0 Å². The average molecular weight is 170 g/mol. The number of hydrogen-bond acceptors (Lipinski definition) is 3. The SMILES string of the molecule is FCCn1nnc2c1CCNC2. The van der Waals surface area contributed by atoms with E-state index in [1.54, 1.807) is 4.68 Å². The van der Waals surface area contributed by atoms with Gasteiger partial charge in [-0.05, 0) is 0 Å². The van der Waals surface area contributed by atoms with Crippen molar-refractivity contribution in [2.24, 2.45) is 0 Å². The summed E-state index contributed by atoms with van der Waals surface area (Å²) < 4.78 is 13.7. The van der Waals surface area contributed by atoms with Crippen molar-refractivity contribution in [2.75, 3.05) is 13.2 Å². The van der Waals surface area contributed by atoms with Crippen molar-refractivity contribution >= 4 is 0 Å². The summed E-state index contributed by atoms with van der Waals surface area (Å²) in [5.74, 6) is 0. The summed E-state index contributed by atoms with van der Waals surface area (Å²) in [6, 6.07) is 0. The number of aryl methyl sites for hydroxylation is 1. The lowest BCUT2D eigenvalue weighted by molar-refractivity contribution is 0.413. The quantitative estimate of drug-likeness (QED) is 0.673. The van der Waals surface area contributed by atoms with Gasteiger partial charge < -0.3 is 5.32 Å². The van der Waals surface area contributed by atoms with E-state index >= 15 is 0 Å². The Balaban J connectivity index is 2.25. The molecular formula is C7H11FN4. The van der Waals surface area contributed by atoms with Crippen molar-refractivity contribution in [2.45, 2.75) is 19.5 Å². The van der Waals surface area contributed by atoms with E-state index in [-0.39, 0.29) is 6.67 Å². The van der Waals surface area contributed by atoms with Crippen LogP contribution >= 0.6 is 0 Å². The van der Waals surface area contributed by atoms with Crippen LogP contribution in [0.5, 0.6) is 0 Å². The van der Waals surface area contributed by atoms with E-state index in [0.29, 0.717) is 6.54 Å². The summed E-state index contributed by atoms with van der Waals surface area (Å²) in [4.78, 5) is 0. The first kappa shape index (κ1) is 7.67. The molecule has 1 aliphatic rings. The third-order valence-electron chi connectivity index (χ3n) is 2.05. The number of halogens is 1.